The fourth-order valence-corrected chi connectivity index (χ4v) is 2.82. The molecule has 6 heteroatoms. The number of para-hydroxylation sites is 2. The van der Waals surface area contributed by atoms with Gasteiger partial charge in [-0.3, -0.25) is 14.5 Å². The van der Waals surface area contributed by atoms with Crippen molar-refractivity contribution in [3.8, 4) is 5.75 Å². The van der Waals surface area contributed by atoms with Gasteiger partial charge in [-0.25, -0.2) is 0 Å². The molecule has 0 atom stereocenters. The van der Waals surface area contributed by atoms with Gasteiger partial charge >= 0.3 is 0 Å². The molecule has 0 spiro atoms. The number of hydrogen-bond donors (Lipinski definition) is 1. The van der Waals surface area contributed by atoms with Gasteiger partial charge in [0, 0.05) is 10.7 Å². The fourth-order valence-electron chi connectivity index (χ4n) is 2.59. The summed E-state index contributed by atoms with van der Waals surface area (Å²) in [5, 5.41) is 3.43. The molecule has 0 aromatic heterocycles. The highest BCUT2D eigenvalue weighted by atomic mass is 35.5. The maximum absolute atomic E-state index is 12.4. The van der Waals surface area contributed by atoms with E-state index in [1.807, 2.05) is 19.1 Å². The zero-order valence-corrected chi connectivity index (χ0v) is 14.0. The Balaban J connectivity index is 1.79. The number of carbonyl (C=O) groups is 2. The molecule has 0 radical (unpaired) electrons. The van der Waals surface area contributed by atoms with Gasteiger partial charge in [0.15, 0.2) is 0 Å². The number of nitrogens with zero attached hydrogens (tertiary/aromatic N) is 1. The summed E-state index contributed by atoms with van der Waals surface area (Å²) in [5.74, 6) is 0.201. The molecular weight excluding hydrogens is 328 g/mol. The maximum atomic E-state index is 12.4. The minimum absolute atomic E-state index is 0.0682. The van der Waals surface area contributed by atoms with Crippen molar-refractivity contribution in [3.63, 3.8) is 0 Å². The Morgan fingerprint density at radius 3 is 2.88 bits per heavy atom. The van der Waals surface area contributed by atoms with Crippen LogP contribution in [-0.2, 0) is 9.59 Å². The average Bonchev–Trinajstić information content (AvgIpc) is 2.70. The third-order valence-electron chi connectivity index (χ3n) is 3.79. The van der Waals surface area contributed by atoms with Crippen molar-refractivity contribution in [1.29, 1.82) is 0 Å². The Bertz CT molecular complexity index is 792. The lowest BCUT2D eigenvalue weighted by Gasteiger charge is -2.21. The Kier molecular flexibility index (Phi) is 4.71. The minimum Gasteiger partial charge on any atom is -0.491 e. The van der Waals surface area contributed by atoms with E-state index in [-0.39, 0.29) is 24.8 Å². The normalized spacial score (nSPS) is 13.8. The summed E-state index contributed by atoms with van der Waals surface area (Å²) < 4.78 is 5.57. The minimum atomic E-state index is -0.273. The van der Waals surface area contributed by atoms with Gasteiger partial charge in [-0.2, -0.15) is 0 Å². The predicted octanol–water partition coefficient (Wildman–Crippen LogP) is 3.40. The lowest BCUT2D eigenvalue weighted by Crippen LogP contribution is -2.37. The Morgan fingerprint density at radius 1 is 1.29 bits per heavy atom. The molecule has 2 aromatic carbocycles. The number of rotatable bonds is 3. The molecular formula is C18H17ClN2O3. The van der Waals surface area contributed by atoms with Crippen LogP contribution in [0, 0.1) is 6.92 Å². The second kappa shape index (κ2) is 6.93. The molecule has 124 valence electrons. The van der Waals surface area contributed by atoms with Gasteiger partial charge in [-0.1, -0.05) is 23.7 Å². The predicted molar refractivity (Wildman–Crippen MR) is 93.7 cm³/mol. The third-order valence-corrected chi connectivity index (χ3v) is 4.03. The van der Waals surface area contributed by atoms with Gasteiger partial charge in [-0.15, -0.1) is 0 Å². The Hall–Kier alpha value is -2.53. The third kappa shape index (κ3) is 3.51. The molecule has 0 aliphatic carbocycles. The molecule has 1 heterocycles. The average molecular weight is 345 g/mol. The van der Waals surface area contributed by atoms with E-state index >= 15 is 0 Å². The smallest absolute Gasteiger partial charge is 0.244 e. The SMILES string of the molecule is Cc1cc(Cl)ccc1NC(=O)CN1C(=O)CCOc2ccccc21. The van der Waals surface area contributed by atoms with Crippen molar-refractivity contribution in [2.24, 2.45) is 0 Å². The summed E-state index contributed by atoms with van der Waals surface area (Å²) >= 11 is 5.92. The van der Waals surface area contributed by atoms with E-state index in [1.54, 1.807) is 30.3 Å². The Labute approximate surface area is 145 Å². The summed E-state index contributed by atoms with van der Waals surface area (Å²) in [4.78, 5) is 26.2. The second-order valence-electron chi connectivity index (χ2n) is 5.55. The molecule has 1 aliphatic heterocycles. The molecule has 2 aromatic rings. The molecule has 24 heavy (non-hydrogen) atoms. The van der Waals surface area contributed by atoms with E-state index in [2.05, 4.69) is 5.32 Å². The van der Waals surface area contributed by atoms with Crippen LogP contribution in [-0.4, -0.2) is 25.0 Å². The maximum Gasteiger partial charge on any atom is 0.244 e. The van der Waals surface area contributed by atoms with Crippen LogP contribution in [0.1, 0.15) is 12.0 Å². The topological polar surface area (TPSA) is 58.6 Å². The quantitative estimate of drug-likeness (QED) is 0.928. The second-order valence-corrected chi connectivity index (χ2v) is 5.99. The van der Waals surface area contributed by atoms with E-state index in [4.69, 9.17) is 16.3 Å². The molecule has 1 aliphatic rings. The fraction of sp³-hybridized carbons (Fsp3) is 0.222. The van der Waals surface area contributed by atoms with Gasteiger partial charge < -0.3 is 10.1 Å². The van der Waals surface area contributed by atoms with Crippen LogP contribution >= 0.6 is 11.6 Å². The van der Waals surface area contributed by atoms with Crippen LogP contribution in [0.4, 0.5) is 11.4 Å². The highest BCUT2D eigenvalue weighted by molar-refractivity contribution is 6.30. The number of fused-ring (bicyclic) bond motifs is 1. The van der Waals surface area contributed by atoms with Crippen molar-refractivity contribution in [2.75, 3.05) is 23.4 Å². The monoisotopic (exact) mass is 344 g/mol. The number of aryl methyl sites for hydroxylation is 1. The van der Waals surface area contributed by atoms with E-state index in [0.29, 0.717) is 28.8 Å². The molecule has 1 N–H and O–H groups in total. The van der Waals surface area contributed by atoms with E-state index in [9.17, 15) is 9.59 Å². The van der Waals surface area contributed by atoms with E-state index in [0.717, 1.165) is 5.56 Å². The zero-order chi connectivity index (χ0) is 17.1. The molecule has 2 amide bonds. The van der Waals surface area contributed by atoms with Crippen LogP contribution in [0.25, 0.3) is 0 Å². The molecule has 0 fully saturated rings. The number of benzene rings is 2. The molecule has 0 unspecified atom stereocenters. The van der Waals surface area contributed by atoms with Crippen molar-refractivity contribution in [2.45, 2.75) is 13.3 Å². The molecule has 0 saturated heterocycles. The first-order chi connectivity index (χ1) is 11.5. The van der Waals surface area contributed by atoms with Crippen LogP contribution in [0.5, 0.6) is 5.75 Å². The van der Waals surface area contributed by atoms with Crippen molar-refractivity contribution in [1.82, 2.24) is 0 Å². The first kappa shape index (κ1) is 16.3. The van der Waals surface area contributed by atoms with Crippen LogP contribution in [0.15, 0.2) is 42.5 Å². The van der Waals surface area contributed by atoms with E-state index in [1.165, 1.54) is 4.90 Å². The highest BCUT2D eigenvalue weighted by Gasteiger charge is 2.25. The van der Waals surface area contributed by atoms with Crippen molar-refractivity contribution < 1.29 is 14.3 Å². The summed E-state index contributed by atoms with van der Waals surface area (Å²) in [7, 11) is 0. The van der Waals surface area contributed by atoms with E-state index < -0.39 is 0 Å². The zero-order valence-electron chi connectivity index (χ0n) is 13.2. The van der Waals surface area contributed by atoms with Crippen LogP contribution in [0.2, 0.25) is 5.02 Å². The number of nitrogens with one attached hydrogen (secondary N) is 1. The number of anilines is 2. The largest absolute Gasteiger partial charge is 0.491 e. The van der Waals surface area contributed by atoms with Gasteiger partial charge in [0.2, 0.25) is 11.8 Å². The van der Waals surface area contributed by atoms with Gasteiger partial charge in [0.25, 0.3) is 0 Å². The summed E-state index contributed by atoms with van der Waals surface area (Å²) in [6.45, 7) is 2.10. The number of amides is 2. The number of halogens is 1. The summed E-state index contributed by atoms with van der Waals surface area (Å²) in [6.07, 6.45) is 0.238. The molecule has 3 rings (SSSR count). The van der Waals surface area contributed by atoms with Gasteiger partial charge in [0.05, 0.1) is 18.7 Å². The van der Waals surface area contributed by atoms with Gasteiger partial charge in [0.1, 0.15) is 12.3 Å². The summed E-state index contributed by atoms with van der Waals surface area (Å²) in [6, 6.07) is 12.5. The van der Waals surface area contributed by atoms with Crippen LogP contribution in [0.3, 0.4) is 0 Å². The first-order valence-electron chi connectivity index (χ1n) is 7.63. The summed E-state index contributed by atoms with van der Waals surface area (Å²) in [5.41, 5.74) is 2.15. The lowest BCUT2D eigenvalue weighted by atomic mass is 10.2. The first-order valence-corrected chi connectivity index (χ1v) is 8.00. The van der Waals surface area contributed by atoms with Crippen molar-refractivity contribution >= 4 is 34.8 Å². The molecule has 5 nitrogen and oxygen atoms in total. The number of ether oxygens (including phenoxy) is 1. The molecule has 0 bridgehead atoms. The highest BCUT2D eigenvalue weighted by Crippen LogP contribution is 2.31. The van der Waals surface area contributed by atoms with Gasteiger partial charge in [-0.05, 0) is 42.8 Å². The standard InChI is InChI=1S/C18H17ClN2O3/c1-12-10-13(19)6-7-14(12)20-17(22)11-21-15-4-2-3-5-16(15)24-9-8-18(21)23/h2-7,10H,8-9,11H2,1H3,(H,20,22). The lowest BCUT2D eigenvalue weighted by molar-refractivity contribution is -0.121. The van der Waals surface area contributed by atoms with Crippen LogP contribution < -0.4 is 15.0 Å². The van der Waals surface area contributed by atoms with Crippen molar-refractivity contribution in [3.05, 3.63) is 53.1 Å². The molecule has 0 saturated carbocycles. The Morgan fingerprint density at radius 2 is 2.08 bits per heavy atom. The number of hydrogen-bond acceptors (Lipinski definition) is 3. The number of carbonyl (C=O) groups excluding carboxylic acids is 2.